The van der Waals surface area contributed by atoms with Gasteiger partial charge in [0.25, 0.3) is 5.56 Å². The summed E-state index contributed by atoms with van der Waals surface area (Å²) < 4.78 is 29.7. The number of nitrogens with one attached hydrogen (secondary N) is 1. The van der Waals surface area contributed by atoms with Crippen molar-refractivity contribution in [3.05, 3.63) is 69.8 Å². The van der Waals surface area contributed by atoms with Gasteiger partial charge in [-0.15, -0.1) is 11.3 Å². The van der Waals surface area contributed by atoms with Crippen LogP contribution < -0.4 is 10.9 Å². The van der Waals surface area contributed by atoms with Gasteiger partial charge >= 0.3 is 0 Å². The summed E-state index contributed by atoms with van der Waals surface area (Å²) in [5.41, 5.74) is 0.758. The molecule has 0 fully saturated rings. The number of aromatic nitrogens is 2. The second-order valence-corrected chi connectivity index (χ2v) is 7.51. The van der Waals surface area contributed by atoms with E-state index >= 15 is 0 Å². The number of carbonyl (C=O) groups excluding carboxylic acids is 1. The molecule has 0 aliphatic heterocycles. The molecule has 0 unspecified atom stereocenters. The van der Waals surface area contributed by atoms with Crippen LogP contribution in [0.2, 0.25) is 0 Å². The van der Waals surface area contributed by atoms with Gasteiger partial charge in [0.2, 0.25) is 5.91 Å². The van der Waals surface area contributed by atoms with E-state index in [0.717, 1.165) is 11.3 Å². The van der Waals surface area contributed by atoms with Gasteiger partial charge in [-0.25, -0.2) is 13.8 Å². The third kappa shape index (κ3) is 3.05. The third-order valence-electron chi connectivity index (χ3n) is 4.49. The molecule has 5 nitrogen and oxygen atoms in total. The third-order valence-corrected chi connectivity index (χ3v) is 5.62. The number of hydrogen-bond donors (Lipinski definition) is 1. The molecule has 0 radical (unpaired) electrons. The summed E-state index contributed by atoms with van der Waals surface area (Å²) in [7, 11) is 0. The summed E-state index contributed by atoms with van der Waals surface area (Å²) in [6.45, 7) is 2.94. The molecular weight excluding hydrogens is 384 g/mol. The smallest absolute Gasteiger partial charge is 0.272 e. The zero-order chi connectivity index (χ0) is 20.0. The maximum Gasteiger partial charge on any atom is 0.272 e. The van der Waals surface area contributed by atoms with E-state index in [4.69, 9.17) is 0 Å². The SMILES string of the molecule is Cc1cc(NC(=O)Cn2c(C)nc3c(sc4cccc(F)c43)c2=O)ccc1F. The average molecular weight is 399 g/mol. The Morgan fingerprint density at radius 1 is 1.18 bits per heavy atom. The summed E-state index contributed by atoms with van der Waals surface area (Å²) in [5.74, 6) is -0.926. The van der Waals surface area contributed by atoms with Crippen molar-refractivity contribution in [2.75, 3.05) is 5.32 Å². The van der Waals surface area contributed by atoms with Crippen LogP contribution >= 0.6 is 11.3 Å². The molecule has 28 heavy (non-hydrogen) atoms. The number of carbonyl (C=O) groups is 1. The van der Waals surface area contributed by atoms with Gasteiger partial charge in [-0.05, 0) is 49.7 Å². The van der Waals surface area contributed by atoms with Crippen LogP contribution in [0.4, 0.5) is 14.5 Å². The first kappa shape index (κ1) is 18.2. The Balaban J connectivity index is 1.71. The van der Waals surface area contributed by atoms with Gasteiger partial charge in [0.1, 0.15) is 28.7 Å². The van der Waals surface area contributed by atoms with Gasteiger partial charge in [-0.2, -0.15) is 0 Å². The van der Waals surface area contributed by atoms with Crippen molar-refractivity contribution in [1.82, 2.24) is 9.55 Å². The van der Waals surface area contributed by atoms with Crippen molar-refractivity contribution in [3.63, 3.8) is 0 Å². The number of halogens is 2. The van der Waals surface area contributed by atoms with Crippen LogP contribution in [0, 0.1) is 25.5 Å². The van der Waals surface area contributed by atoms with Crippen LogP contribution in [0.15, 0.2) is 41.2 Å². The van der Waals surface area contributed by atoms with E-state index in [2.05, 4.69) is 10.3 Å². The molecule has 142 valence electrons. The quantitative estimate of drug-likeness (QED) is 0.563. The lowest BCUT2D eigenvalue weighted by Crippen LogP contribution is -2.29. The molecule has 0 aliphatic rings. The maximum atomic E-state index is 14.2. The predicted molar refractivity (Wildman–Crippen MR) is 106 cm³/mol. The molecule has 0 atom stereocenters. The number of fused-ring (bicyclic) bond motifs is 3. The highest BCUT2D eigenvalue weighted by Crippen LogP contribution is 2.32. The van der Waals surface area contributed by atoms with Crippen molar-refractivity contribution in [2.24, 2.45) is 0 Å². The molecule has 0 bridgehead atoms. The normalized spacial score (nSPS) is 11.3. The number of aryl methyl sites for hydroxylation is 2. The maximum absolute atomic E-state index is 14.2. The minimum absolute atomic E-state index is 0.249. The van der Waals surface area contributed by atoms with Crippen molar-refractivity contribution in [1.29, 1.82) is 0 Å². The van der Waals surface area contributed by atoms with E-state index in [1.54, 1.807) is 26.0 Å². The van der Waals surface area contributed by atoms with Crippen molar-refractivity contribution < 1.29 is 13.6 Å². The molecule has 2 aromatic heterocycles. The molecular formula is C20H15F2N3O2S. The number of anilines is 1. The van der Waals surface area contributed by atoms with Crippen molar-refractivity contribution in [2.45, 2.75) is 20.4 Å². The van der Waals surface area contributed by atoms with Crippen LogP contribution in [0.3, 0.4) is 0 Å². The van der Waals surface area contributed by atoms with E-state index in [0.29, 0.717) is 37.4 Å². The molecule has 0 saturated heterocycles. The highest BCUT2D eigenvalue weighted by atomic mass is 32.1. The number of hydrogen-bond acceptors (Lipinski definition) is 4. The number of benzene rings is 2. The lowest BCUT2D eigenvalue weighted by atomic mass is 10.2. The Labute approximate surface area is 162 Å². The van der Waals surface area contributed by atoms with Gasteiger partial charge < -0.3 is 5.32 Å². The molecule has 2 aromatic carbocycles. The number of rotatable bonds is 3. The van der Waals surface area contributed by atoms with Gasteiger partial charge in [-0.1, -0.05) is 6.07 Å². The molecule has 2 heterocycles. The van der Waals surface area contributed by atoms with Crippen LogP contribution in [0.1, 0.15) is 11.4 Å². The first-order chi connectivity index (χ1) is 13.3. The van der Waals surface area contributed by atoms with E-state index in [1.165, 1.54) is 28.8 Å². The van der Waals surface area contributed by atoms with Gasteiger partial charge in [0, 0.05) is 10.4 Å². The fraction of sp³-hybridized carbons (Fsp3) is 0.150. The molecule has 4 aromatic rings. The summed E-state index contributed by atoms with van der Waals surface area (Å²) >= 11 is 1.15. The largest absolute Gasteiger partial charge is 0.325 e. The fourth-order valence-corrected chi connectivity index (χ4v) is 4.19. The number of thiophene rings is 1. The van der Waals surface area contributed by atoms with Crippen molar-refractivity contribution >= 4 is 43.2 Å². The second-order valence-electron chi connectivity index (χ2n) is 6.46. The van der Waals surface area contributed by atoms with Crippen molar-refractivity contribution in [3.8, 4) is 0 Å². The van der Waals surface area contributed by atoms with Gasteiger partial charge in [0.05, 0.1) is 10.9 Å². The molecule has 0 aliphatic carbocycles. The van der Waals surface area contributed by atoms with Crippen LogP contribution in [0.25, 0.3) is 20.3 Å². The Bertz CT molecular complexity index is 1310. The van der Waals surface area contributed by atoms with Gasteiger partial charge in [-0.3, -0.25) is 14.2 Å². The van der Waals surface area contributed by atoms with E-state index < -0.39 is 17.3 Å². The summed E-state index contributed by atoms with van der Waals surface area (Å²) in [6, 6.07) is 8.87. The van der Waals surface area contributed by atoms with Gasteiger partial charge in [0.15, 0.2) is 0 Å². The Hall–Kier alpha value is -3.13. The molecule has 8 heteroatoms. The first-order valence-corrected chi connectivity index (χ1v) is 9.31. The van der Waals surface area contributed by atoms with E-state index in [9.17, 15) is 18.4 Å². The molecule has 4 rings (SSSR count). The number of nitrogens with zero attached hydrogens (tertiary/aromatic N) is 2. The van der Waals surface area contributed by atoms with Crippen LogP contribution in [-0.4, -0.2) is 15.5 Å². The van der Waals surface area contributed by atoms with E-state index in [-0.39, 0.29) is 12.4 Å². The minimum Gasteiger partial charge on any atom is -0.325 e. The van der Waals surface area contributed by atoms with Crippen LogP contribution in [-0.2, 0) is 11.3 Å². The standard InChI is InChI=1S/C20H15F2N3O2S/c1-10-8-12(6-7-13(10)21)24-16(26)9-25-11(2)23-18-17-14(22)4-3-5-15(17)28-19(18)20(25)27/h3-8H,9H2,1-2H3,(H,24,26). The Morgan fingerprint density at radius 3 is 2.71 bits per heavy atom. The molecule has 1 amide bonds. The summed E-state index contributed by atoms with van der Waals surface area (Å²) in [4.78, 5) is 29.7. The fourth-order valence-electron chi connectivity index (χ4n) is 3.09. The second kappa shape index (κ2) is 6.79. The molecule has 0 spiro atoms. The first-order valence-electron chi connectivity index (χ1n) is 8.49. The Morgan fingerprint density at radius 2 is 1.96 bits per heavy atom. The zero-order valence-corrected chi connectivity index (χ0v) is 15.9. The Kier molecular flexibility index (Phi) is 4.43. The lowest BCUT2D eigenvalue weighted by Gasteiger charge is -2.10. The number of amides is 1. The monoisotopic (exact) mass is 399 g/mol. The lowest BCUT2D eigenvalue weighted by molar-refractivity contribution is -0.116. The molecule has 0 saturated carbocycles. The predicted octanol–water partition coefficient (Wildman–Crippen LogP) is 4.14. The summed E-state index contributed by atoms with van der Waals surface area (Å²) in [6.07, 6.45) is 0. The molecule has 1 N–H and O–H groups in total. The summed E-state index contributed by atoms with van der Waals surface area (Å²) in [5, 5.41) is 2.97. The highest BCUT2D eigenvalue weighted by molar-refractivity contribution is 7.25. The average Bonchev–Trinajstić information content (AvgIpc) is 3.02. The minimum atomic E-state index is -0.440. The van der Waals surface area contributed by atoms with Crippen LogP contribution in [0.5, 0.6) is 0 Å². The highest BCUT2D eigenvalue weighted by Gasteiger charge is 2.18. The van der Waals surface area contributed by atoms with E-state index in [1.807, 2.05) is 0 Å². The zero-order valence-electron chi connectivity index (χ0n) is 15.0. The topological polar surface area (TPSA) is 64.0 Å².